The predicted octanol–water partition coefficient (Wildman–Crippen LogP) is 9.69. The molecule has 0 unspecified atom stereocenters. The van der Waals surface area contributed by atoms with Crippen LogP contribution in [0.4, 0.5) is 0 Å². The zero-order chi connectivity index (χ0) is 30.4. The summed E-state index contributed by atoms with van der Waals surface area (Å²) in [5.74, 6) is -0.319. The Labute approximate surface area is 257 Å². The molecule has 0 radical (unpaired) electrons. The van der Waals surface area contributed by atoms with E-state index in [1.807, 2.05) is 30.4 Å². The second kappa shape index (κ2) is 28.7. The Bertz CT molecular complexity index is 848. The Morgan fingerprint density at radius 3 is 1.95 bits per heavy atom. The second-order valence-corrected chi connectivity index (χ2v) is 11.3. The van der Waals surface area contributed by atoms with Gasteiger partial charge in [-0.2, -0.15) is 0 Å². The van der Waals surface area contributed by atoms with Crippen LogP contribution in [0.2, 0.25) is 0 Å². The van der Waals surface area contributed by atoms with E-state index in [-0.39, 0.29) is 11.9 Å². The van der Waals surface area contributed by atoms with Crippen LogP contribution in [-0.4, -0.2) is 38.2 Å². The van der Waals surface area contributed by atoms with Gasteiger partial charge in [-0.1, -0.05) is 108 Å². The standard InChI is InChI=1S/C37H61NO4/c1-3-5-7-9-11-16-22-31-41-36(39)28-18-14-13-15-20-29-38-30-21-19-25-34-26-24-27-35(33-34)37(40)42-32-23-17-12-10-8-6-4-2/h16-17,22-24,26-27,33,38H,3-15,18-21,25,28-32H2,1-2H3/b22-16-,23-17-. The first-order chi connectivity index (χ1) is 20.7. The Balaban J connectivity index is 1.96. The molecule has 0 aromatic heterocycles. The number of rotatable bonds is 28. The summed E-state index contributed by atoms with van der Waals surface area (Å²) >= 11 is 0. The molecule has 0 saturated carbocycles. The largest absolute Gasteiger partial charge is 0.461 e. The van der Waals surface area contributed by atoms with Gasteiger partial charge in [0.2, 0.25) is 0 Å². The van der Waals surface area contributed by atoms with Crippen LogP contribution in [0.15, 0.2) is 48.6 Å². The van der Waals surface area contributed by atoms with Gasteiger partial charge in [-0.25, -0.2) is 4.79 Å². The molecule has 0 atom stereocenters. The van der Waals surface area contributed by atoms with Crippen LogP contribution in [0.3, 0.4) is 0 Å². The summed E-state index contributed by atoms with van der Waals surface area (Å²) in [5.41, 5.74) is 1.83. The average molecular weight is 584 g/mol. The third-order valence-electron chi connectivity index (χ3n) is 7.40. The van der Waals surface area contributed by atoms with Gasteiger partial charge in [0.05, 0.1) is 5.56 Å². The fourth-order valence-corrected chi connectivity index (χ4v) is 4.78. The molecule has 0 aliphatic heterocycles. The lowest BCUT2D eigenvalue weighted by molar-refractivity contribution is -0.142. The van der Waals surface area contributed by atoms with Crippen molar-refractivity contribution in [1.29, 1.82) is 0 Å². The fourth-order valence-electron chi connectivity index (χ4n) is 4.78. The van der Waals surface area contributed by atoms with Gasteiger partial charge >= 0.3 is 11.9 Å². The van der Waals surface area contributed by atoms with Crippen LogP contribution in [0, 0.1) is 0 Å². The first-order valence-electron chi connectivity index (χ1n) is 17.1. The molecule has 1 N–H and O–H groups in total. The van der Waals surface area contributed by atoms with Crippen molar-refractivity contribution in [1.82, 2.24) is 5.32 Å². The Morgan fingerprint density at radius 1 is 0.667 bits per heavy atom. The van der Waals surface area contributed by atoms with Crippen molar-refractivity contribution < 1.29 is 19.1 Å². The van der Waals surface area contributed by atoms with E-state index in [0.29, 0.717) is 25.2 Å². The van der Waals surface area contributed by atoms with Gasteiger partial charge in [0.1, 0.15) is 13.2 Å². The van der Waals surface area contributed by atoms with Gasteiger partial charge in [0.15, 0.2) is 0 Å². The summed E-state index contributed by atoms with van der Waals surface area (Å²) < 4.78 is 10.7. The summed E-state index contributed by atoms with van der Waals surface area (Å²) in [4.78, 5) is 24.2. The van der Waals surface area contributed by atoms with Gasteiger partial charge < -0.3 is 14.8 Å². The van der Waals surface area contributed by atoms with E-state index in [1.54, 1.807) is 0 Å². The minimum atomic E-state index is -0.245. The zero-order valence-corrected chi connectivity index (χ0v) is 27.0. The number of carbonyl (C=O) groups is 2. The maximum absolute atomic E-state index is 12.4. The number of hydrogen-bond acceptors (Lipinski definition) is 5. The lowest BCUT2D eigenvalue weighted by Gasteiger charge is -2.07. The highest BCUT2D eigenvalue weighted by Crippen LogP contribution is 2.11. The molecule has 0 saturated heterocycles. The number of ether oxygens (including phenoxy) is 2. The van der Waals surface area contributed by atoms with Crippen molar-refractivity contribution in [3.8, 4) is 0 Å². The van der Waals surface area contributed by atoms with Crippen LogP contribution in [0.25, 0.3) is 0 Å². The van der Waals surface area contributed by atoms with E-state index >= 15 is 0 Å². The molecular formula is C37H61NO4. The van der Waals surface area contributed by atoms with Crippen LogP contribution >= 0.6 is 0 Å². The van der Waals surface area contributed by atoms with E-state index in [1.165, 1.54) is 76.2 Å². The SMILES string of the molecule is CCCCCC/C=C\COC(=O)CCCCCCCNCCCCc1cccc(C(=O)OC/C=C\CCCCCC)c1. The number of nitrogens with one attached hydrogen (secondary N) is 1. The predicted molar refractivity (Wildman–Crippen MR) is 177 cm³/mol. The molecule has 0 aliphatic rings. The molecule has 42 heavy (non-hydrogen) atoms. The molecule has 238 valence electrons. The fraction of sp³-hybridized carbons (Fsp3) is 0.676. The zero-order valence-electron chi connectivity index (χ0n) is 27.0. The van der Waals surface area contributed by atoms with E-state index in [0.717, 1.165) is 58.0 Å². The van der Waals surface area contributed by atoms with Gasteiger partial charge in [-0.05, 0) is 88.6 Å². The van der Waals surface area contributed by atoms with Crippen molar-refractivity contribution in [2.75, 3.05) is 26.3 Å². The lowest BCUT2D eigenvalue weighted by Crippen LogP contribution is -2.16. The summed E-state index contributed by atoms with van der Waals surface area (Å²) in [5, 5.41) is 3.54. The number of aryl methyl sites for hydroxylation is 1. The topological polar surface area (TPSA) is 64.6 Å². The summed E-state index contributed by atoms with van der Waals surface area (Å²) in [6.07, 6.45) is 29.6. The van der Waals surface area contributed by atoms with Crippen LogP contribution in [-0.2, 0) is 20.7 Å². The maximum atomic E-state index is 12.4. The highest BCUT2D eigenvalue weighted by atomic mass is 16.5. The van der Waals surface area contributed by atoms with Crippen LogP contribution < -0.4 is 5.32 Å². The van der Waals surface area contributed by atoms with Crippen molar-refractivity contribution in [3.63, 3.8) is 0 Å². The van der Waals surface area contributed by atoms with E-state index in [9.17, 15) is 9.59 Å². The number of hydrogen-bond donors (Lipinski definition) is 1. The number of unbranched alkanes of at least 4 members (excludes halogenated alkanes) is 13. The molecule has 5 nitrogen and oxygen atoms in total. The first-order valence-corrected chi connectivity index (χ1v) is 17.1. The van der Waals surface area contributed by atoms with Crippen LogP contribution in [0.1, 0.15) is 145 Å². The van der Waals surface area contributed by atoms with Gasteiger partial charge in [0.25, 0.3) is 0 Å². The molecule has 0 fully saturated rings. The van der Waals surface area contributed by atoms with Crippen molar-refractivity contribution in [3.05, 3.63) is 59.7 Å². The molecule has 0 heterocycles. The number of esters is 2. The maximum Gasteiger partial charge on any atom is 0.338 e. The number of benzene rings is 1. The van der Waals surface area contributed by atoms with E-state index in [2.05, 4.69) is 37.4 Å². The van der Waals surface area contributed by atoms with Crippen molar-refractivity contribution in [2.45, 2.75) is 136 Å². The quantitative estimate of drug-likeness (QED) is 0.0604. The lowest BCUT2D eigenvalue weighted by atomic mass is 10.1. The van der Waals surface area contributed by atoms with E-state index < -0.39 is 0 Å². The molecular weight excluding hydrogens is 522 g/mol. The Morgan fingerprint density at radius 2 is 1.26 bits per heavy atom. The van der Waals surface area contributed by atoms with E-state index in [4.69, 9.17) is 9.47 Å². The summed E-state index contributed by atoms with van der Waals surface area (Å²) in [7, 11) is 0. The summed E-state index contributed by atoms with van der Waals surface area (Å²) in [6.45, 7) is 7.25. The molecule has 1 aromatic carbocycles. The molecule has 0 amide bonds. The minimum absolute atomic E-state index is 0.0739. The molecule has 5 heteroatoms. The third kappa shape index (κ3) is 23.2. The monoisotopic (exact) mass is 583 g/mol. The highest BCUT2D eigenvalue weighted by molar-refractivity contribution is 5.89. The molecule has 0 bridgehead atoms. The van der Waals surface area contributed by atoms with Gasteiger partial charge in [-0.15, -0.1) is 0 Å². The normalized spacial score (nSPS) is 11.5. The Hall–Kier alpha value is -2.40. The number of carbonyl (C=O) groups excluding carboxylic acids is 2. The second-order valence-electron chi connectivity index (χ2n) is 11.3. The minimum Gasteiger partial charge on any atom is -0.461 e. The van der Waals surface area contributed by atoms with Crippen LogP contribution in [0.5, 0.6) is 0 Å². The highest BCUT2D eigenvalue weighted by Gasteiger charge is 2.07. The van der Waals surface area contributed by atoms with Gasteiger partial charge in [-0.3, -0.25) is 4.79 Å². The van der Waals surface area contributed by atoms with Crippen molar-refractivity contribution >= 4 is 11.9 Å². The first kappa shape index (κ1) is 37.6. The molecule has 1 rings (SSSR count). The van der Waals surface area contributed by atoms with Gasteiger partial charge in [0, 0.05) is 6.42 Å². The average Bonchev–Trinajstić information content (AvgIpc) is 3.00. The molecule has 0 aliphatic carbocycles. The van der Waals surface area contributed by atoms with Crippen molar-refractivity contribution in [2.24, 2.45) is 0 Å². The number of allylic oxidation sites excluding steroid dienone is 2. The summed E-state index contributed by atoms with van der Waals surface area (Å²) in [6, 6.07) is 7.85. The smallest absolute Gasteiger partial charge is 0.338 e. The Kier molecular flexibility index (Phi) is 25.7. The molecule has 0 spiro atoms. The third-order valence-corrected chi connectivity index (χ3v) is 7.40. The molecule has 1 aromatic rings.